The number of halogens is 1. The fourth-order valence-electron chi connectivity index (χ4n) is 2.69. The van der Waals surface area contributed by atoms with Crippen molar-refractivity contribution in [2.45, 2.75) is 39.2 Å². The second-order valence-electron chi connectivity index (χ2n) is 6.22. The second-order valence-corrected chi connectivity index (χ2v) is 6.22. The predicted molar refractivity (Wildman–Crippen MR) is 85.7 cm³/mol. The fraction of sp³-hybridized carbons (Fsp3) is 0.389. The zero-order valence-electron chi connectivity index (χ0n) is 13.6. The SMILES string of the molecule is Cc1ncc(C(=O)N(C)Cc2ccc(F)cc2C)c(C2CC2)n1. The highest BCUT2D eigenvalue weighted by Gasteiger charge is 2.31. The van der Waals surface area contributed by atoms with Crippen LogP contribution in [0.3, 0.4) is 0 Å². The van der Waals surface area contributed by atoms with Crippen molar-refractivity contribution in [3.63, 3.8) is 0 Å². The summed E-state index contributed by atoms with van der Waals surface area (Å²) in [5.74, 6) is 0.732. The van der Waals surface area contributed by atoms with E-state index < -0.39 is 0 Å². The van der Waals surface area contributed by atoms with Crippen molar-refractivity contribution in [2.24, 2.45) is 0 Å². The molecule has 1 fully saturated rings. The number of carbonyl (C=O) groups excluding carboxylic acids is 1. The molecule has 0 bridgehead atoms. The summed E-state index contributed by atoms with van der Waals surface area (Å²) in [5.41, 5.74) is 3.22. The summed E-state index contributed by atoms with van der Waals surface area (Å²) < 4.78 is 13.2. The van der Waals surface area contributed by atoms with E-state index in [1.54, 1.807) is 24.2 Å². The van der Waals surface area contributed by atoms with Crippen molar-refractivity contribution in [3.8, 4) is 0 Å². The van der Waals surface area contributed by atoms with Crippen molar-refractivity contribution in [1.29, 1.82) is 0 Å². The first kappa shape index (κ1) is 15.6. The summed E-state index contributed by atoms with van der Waals surface area (Å²) in [7, 11) is 1.75. The third-order valence-corrected chi connectivity index (χ3v) is 4.19. The van der Waals surface area contributed by atoms with E-state index in [9.17, 15) is 9.18 Å². The lowest BCUT2D eigenvalue weighted by atomic mass is 10.1. The molecule has 0 spiro atoms. The summed E-state index contributed by atoms with van der Waals surface area (Å²) in [6, 6.07) is 4.63. The molecule has 1 aromatic heterocycles. The van der Waals surface area contributed by atoms with E-state index in [4.69, 9.17) is 0 Å². The molecule has 1 heterocycles. The van der Waals surface area contributed by atoms with E-state index in [1.165, 1.54) is 12.1 Å². The summed E-state index contributed by atoms with van der Waals surface area (Å²) in [5, 5.41) is 0. The van der Waals surface area contributed by atoms with Gasteiger partial charge in [0.2, 0.25) is 0 Å². The highest BCUT2D eigenvalue weighted by molar-refractivity contribution is 5.95. The number of benzene rings is 1. The minimum absolute atomic E-state index is 0.0874. The van der Waals surface area contributed by atoms with Gasteiger partial charge in [0.1, 0.15) is 11.6 Å². The maximum atomic E-state index is 13.2. The summed E-state index contributed by atoms with van der Waals surface area (Å²) >= 11 is 0. The van der Waals surface area contributed by atoms with Crippen LogP contribution in [0.15, 0.2) is 24.4 Å². The number of aryl methyl sites for hydroxylation is 2. The molecular weight excluding hydrogens is 293 g/mol. The minimum Gasteiger partial charge on any atom is -0.337 e. The fourth-order valence-corrected chi connectivity index (χ4v) is 2.69. The first-order valence-electron chi connectivity index (χ1n) is 7.79. The van der Waals surface area contributed by atoms with Crippen molar-refractivity contribution >= 4 is 5.91 Å². The molecule has 0 N–H and O–H groups in total. The van der Waals surface area contributed by atoms with Crippen LogP contribution in [0.4, 0.5) is 4.39 Å². The molecule has 5 heteroatoms. The summed E-state index contributed by atoms with van der Waals surface area (Å²) in [4.78, 5) is 23.1. The van der Waals surface area contributed by atoms with Gasteiger partial charge in [-0.15, -0.1) is 0 Å². The maximum absolute atomic E-state index is 13.2. The van der Waals surface area contributed by atoms with Crippen LogP contribution in [0, 0.1) is 19.7 Å². The Morgan fingerprint density at radius 3 is 2.74 bits per heavy atom. The molecular formula is C18H20FN3O. The van der Waals surface area contributed by atoms with Crippen LogP contribution >= 0.6 is 0 Å². The van der Waals surface area contributed by atoms with Crippen LogP contribution in [0.2, 0.25) is 0 Å². The molecule has 1 aromatic carbocycles. The Bertz CT molecular complexity index is 756. The number of amides is 1. The molecule has 1 aliphatic carbocycles. The van der Waals surface area contributed by atoms with E-state index in [-0.39, 0.29) is 11.7 Å². The number of hydrogen-bond acceptors (Lipinski definition) is 3. The lowest BCUT2D eigenvalue weighted by molar-refractivity contribution is 0.0782. The highest BCUT2D eigenvalue weighted by atomic mass is 19.1. The van der Waals surface area contributed by atoms with Crippen LogP contribution < -0.4 is 0 Å². The van der Waals surface area contributed by atoms with Crippen LogP contribution in [0.25, 0.3) is 0 Å². The van der Waals surface area contributed by atoms with Crippen molar-refractivity contribution in [2.75, 3.05) is 7.05 Å². The van der Waals surface area contributed by atoms with Crippen molar-refractivity contribution in [1.82, 2.24) is 14.9 Å². The van der Waals surface area contributed by atoms with Crippen molar-refractivity contribution < 1.29 is 9.18 Å². The minimum atomic E-state index is -0.261. The molecule has 0 aliphatic heterocycles. The molecule has 3 rings (SSSR count). The third-order valence-electron chi connectivity index (χ3n) is 4.19. The Balaban J connectivity index is 1.82. The first-order valence-corrected chi connectivity index (χ1v) is 7.79. The lowest BCUT2D eigenvalue weighted by Gasteiger charge is -2.20. The monoisotopic (exact) mass is 313 g/mol. The highest BCUT2D eigenvalue weighted by Crippen LogP contribution is 2.40. The second kappa shape index (κ2) is 6.07. The van der Waals surface area contributed by atoms with Gasteiger partial charge in [0, 0.05) is 25.7 Å². The zero-order valence-corrected chi connectivity index (χ0v) is 13.6. The lowest BCUT2D eigenvalue weighted by Crippen LogP contribution is -2.28. The van der Waals surface area contributed by atoms with E-state index in [2.05, 4.69) is 9.97 Å². The smallest absolute Gasteiger partial charge is 0.257 e. The number of rotatable bonds is 4. The topological polar surface area (TPSA) is 46.1 Å². The van der Waals surface area contributed by atoms with Gasteiger partial charge in [0.15, 0.2) is 0 Å². The predicted octanol–water partition coefficient (Wildman–Crippen LogP) is 3.38. The Kier molecular flexibility index (Phi) is 4.11. The van der Waals surface area contributed by atoms with E-state index >= 15 is 0 Å². The van der Waals surface area contributed by atoms with Crippen LogP contribution in [-0.4, -0.2) is 27.8 Å². The van der Waals surface area contributed by atoms with Crippen molar-refractivity contribution in [3.05, 3.63) is 58.4 Å². The molecule has 1 aliphatic rings. The van der Waals surface area contributed by atoms with E-state index in [0.717, 1.165) is 29.7 Å². The molecule has 1 amide bonds. The van der Waals surface area contributed by atoms with Gasteiger partial charge in [-0.05, 0) is 49.9 Å². The molecule has 0 unspecified atom stereocenters. The normalized spacial score (nSPS) is 13.9. The molecule has 0 saturated heterocycles. The average Bonchev–Trinajstić information content (AvgIpc) is 3.34. The number of aromatic nitrogens is 2. The van der Waals surface area contributed by atoms with E-state index in [0.29, 0.717) is 23.9 Å². The molecule has 2 aromatic rings. The molecule has 0 atom stereocenters. The molecule has 4 nitrogen and oxygen atoms in total. The Hall–Kier alpha value is -2.30. The van der Waals surface area contributed by atoms with E-state index in [1.807, 2.05) is 13.8 Å². The summed E-state index contributed by atoms with van der Waals surface area (Å²) in [6.07, 6.45) is 3.79. The standard InChI is InChI=1S/C18H20FN3O/c1-11-8-15(19)7-6-14(11)10-22(3)18(23)16-9-20-12(2)21-17(16)13-4-5-13/h6-9,13H,4-5,10H2,1-3H3. The van der Waals surface area contributed by atoms with Crippen LogP contribution in [-0.2, 0) is 6.54 Å². The number of nitrogens with zero attached hydrogens (tertiary/aromatic N) is 3. The molecule has 120 valence electrons. The third kappa shape index (κ3) is 3.38. The first-order chi connectivity index (χ1) is 11.0. The zero-order chi connectivity index (χ0) is 16.6. The Morgan fingerprint density at radius 1 is 1.35 bits per heavy atom. The van der Waals surface area contributed by atoms with Gasteiger partial charge in [-0.3, -0.25) is 4.79 Å². The Morgan fingerprint density at radius 2 is 2.09 bits per heavy atom. The number of hydrogen-bond donors (Lipinski definition) is 0. The van der Waals surface area contributed by atoms with Gasteiger partial charge in [-0.25, -0.2) is 14.4 Å². The van der Waals surface area contributed by atoms with Gasteiger partial charge in [0.25, 0.3) is 5.91 Å². The Labute approximate surface area is 135 Å². The van der Waals surface area contributed by atoms with Gasteiger partial charge in [0.05, 0.1) is 11.3 Å². The van der Waals surface area contributed by atoms with Gasteiger partial charge < -0.3 is 4.90 Å². The van der Waals surface area contributed by atoms with Gasteiger partial charge >= 0.3 is 0 Å². The largest absolute Gasteiger partial charge is 0.337 e. The van der Waals surface area contributed by atoms with Crippen LogP contribution in [0.5, 0.6) is 0 Å². The van der Waals surface area contributed by atoms with Gasteiger partial charge in [-0.2, -0.15) is 0 Å². The van der Waals surface area contributed by atoms with Gasteiger partial charge in [-0.1, -0.05) is 6.07 Å². The number of carbonyl (C=O) groups is 1. The maximum Gasteiger partial charge on any atom is 0.257 e. The molecule has 1 saturated carbocycles. The van der Waals surface area contributed by atoms with Crippen LogP contribution in [0.1, 0.15) is 51.8 Å². The summed E-state index contributed by atoms with van der Waals surface area (Å²) in [6.45, 7) is 4.12. The molecule has 23 heavy (non-hydrogen) atoms. The average molecular weight is 313 g/mol. The molecule has 0 radical (unpaired) electrons. The quantitative estimate of drug-likeness (QED) is 0.869.